The number of carbonyl (C=O) groups excluding carboxylic acids is 1. The van der Waals surface area contributed by atoms with Crippen LogP contribution in [0.2, 0.25) is 0 Å². The van der Waals surface area contributed by atoms with Crippen LogP contribution in [0.15, 0.2) is 29.3 Å². The standard InChI is InChI=1S/C18H29N3O3/c1-6-19-17(21-13-16(22)24-18(3,4)5)20-12-14-10-8-9-11-15(14)23-7-2/h8-11H,6-7,12-13H2,1-5H3,(H2,19,20,21). The molecule has 1 aromatic rings. The monoisotopic (exact) mass is 335 g/mol. The predicted molar refractivity (Wildman–Crippen MR) is 96.3 cm³/mol. The summed E-state index contributed by atoms with van der Waals surface area (Å²) in [6.07, 6.45) is 0. The van der Waals surface area contributed by atoms with Crippen molar-refractivity contribution in [2.45, 2.75) is 46.8 Å². The van der Waals surface area contributed by atoms with Gasteiger partial charge in [0.1, 0.15) is 17.9 Å². The van der Waals surface area contributed by atoms with Gasteiger partial charge in [-0.25, -0.2) is 4.99 Å². The van der Waals surface area contributed by atoms with Gasteiger partial charge >= 0.3 is 5.97 Å². The van der Waals surface area contributed by atoms with Crippen molar-refractivity contribution in [3.8, 4) is 5.75 Å². The third-order valence-corrected chi connectivity index (χ3v) is 2.84. The van der Waals surface area contributed by atoms with Gasteiger partial charge in [-0.2, -0.15) is 0 Å². The highest BCUT2D eigenvalue weighted by molar-refractivity contribution is 5.84. The molecule has 0 aliphatic heterocycles. The number of benzene rings is 1. The van der Waals surface area contributed by atoms with E-state index in [-0.39, 0.29) is 12.5 Å². The van der Waals surface area contributed by atoms with Gasteiger partial charge in [-0.3, -0.25) is 4.79 Å². The van der Waals surface area contributed by atoms with Crippen LogP contribution in [0.5, 0.6) is 5.75 Å². The molecule has 0 atom stereocenters. The van der Waals surface area contributed by atoms with E-state index in [1.807, 2.05) is 58.9 Å². The van der Waals surface area contributed by atoms with E-state index in [0.717, 1.165) is 11.3 Å². The number of ether oxygens (including phenoxy) is 2. The Kier molecular flexibility index (Phi) is 8.09. The fourth-order valence-electron chi connectivity index (χ4n) is 1.97. The summed E-state index contributed by atoms with van der Waals surface area (Å²) in [5.41, 5.74) is 0.499. The summed E-state index contributed by atoms with van der Waals surface area (Å²) in [6.45, 7) is 11.3. The summed E-state index contributed by atoms with van der Waals surface area (Å²) in [5.74, 6) is 1.07. The molecule has 0 saturated carbocycles. The number of hydrogen-bond donors (Lipinski definition) is 2. The van der Waals surface area contributed by atoms with E-state index in [0.29, 0.717) is 25.7 Å². The molecule has 0 aliphatic rings. The van der Waals surface area contributed by atoms with Gasteiger partial charge in [-0.05, 0) is 40.7 Å². The van der Waals surface area contributed by atoms with Crippen LogP contribution in [-0.2, 0) is 16.1 Å². The van der Waals surface area contributed by atoms with E-state index < -0.39 is 5.60 Å². The molecule has 2 N–H and O–H groups in total. The minimum atomic E-state index is -0.495. The molecule has 24 heavy (non-hydrogen) atoms. The van der Waals surface area contributed by atoms with E-state index in [2.05, 4.69) is 15.6 Å². The lowest BCUT2D eigenvalue weighted by Crippen LogP contribution is -2.41. The lowest BCUT2D eigenvalue weighted by Gasteiger charge is -2.20. The van der Waals surface area contributed by atoms with Gasteiger partial charge in [0.15, 0.2) is 5.96 Å². The summed E-state index contributed by atoms with van der Waals surface area (Å²) in [4.78, 5) is 16.3. The maximum absolute atomic E-state index is 11.8. The molecule has 1 aromatic carbocycles. The molecule has 1 rings (SSSR count). The summed E-state index contributed by atoms with van der Waals surface area (Å²) in [6, 6.07) is 7.79. The Labute approximate surface area is 144 Å². The SMILES string of the molecule is CCNC(=NCc1ccccc1OCC)NCC(=O)OC(C)(C)C. The fourth-order valence-corrected chi connectivity index (χ4v) is 1.97. The van der Waals surface area contributed by atoms with E-state index in [1.165, 1.54) is 0 Å². The van der Waals surface area contributed by atoms with Crippen molar-refractivity contribution in [2.24, 2.45) is 4.99 Å². The number of para-hydroxylation sites is 1. The Morgan fingerprint density at radius 3 is 2.50 bits per heavy atom. The predicted octanol–water partition coefficient (Wildman–Crippen LogP) is 2.48. The van der Waals surface area contributed by atoms with Crippen LogP contribution >= 0.6 is 0 Å². The van der Waals surface area contributed by atoms with Gasteiger partial charge in [0.05, 0.1) is 13.2 Å². The minimum Gasteiger partial charge on any atom is -0.494 e. The molecule has 6 heteroatoms. The van der Waals surface area contributed by atoms with Crippen molar-refractivity contribution in [3.05, 3.63) is 29.8 Å². The van der Waals surface area contributed by atoms with Crippen molar-refractivity contribution in [1.29, 1.82) is 0 Å². The van der Waals surface area contributed by atoms with Crippen LogP contribution < -0.4 is 15.4 Å². The second-order valence-corrected chi connectivity index (χ2v) is 6.18. The van der Waals surface area contributed by atoms with Crippen molar-refractivity contribution in [2.75, 3.05) is 19.7 Å². The summed E-state index contributed by atoms with van der Waals surface area (Å²) in [5, 5.41) is 6.10. The lowest BCUT2D eigenvalue weighted by atomic mass is 10.2. The fraction of sp³-hybridized carbons (Fsp3) is 0.556. The highest BCUT2D eigenvalue weighted by Crippen LogP contribution is 2.18. The third kappa shape index (κ3) is 7.85. The number of hydrogen-bond acceptors (Lipinski definition) is 4. The molecule has 0 unspecified atom stereocenters. The maximum atomic E-state index is 11.8. The number of guanidine groups is 1. The van der Waals surface area contributed by atoms with Crippen LogP contribution in [0.4, 0.5) is 0 Å². The van der Waals surface area contributed by atoms with Crippen LogP contribution in [0.3, 0.4) is 0 Å². The quantitative estimate of drug-likeness (QED) is 0.455. The largest absolute Gasteiger partial charge is 0.494 e. The Hall–Kier alpha value is -2.24. The normalized spacial score (nSPS) is 11.8. The summed E-state index contributed by atoms with van der Waals surface area (Å²) >= 11 is 0. The summed E-state index contributed by atoms with van der Waals surface area (Å²) < 4.78 is 10.9. The van der Waals surface area contributed by atoms with Crippen molar-refractivity contribution < 1.29 is 14.3 Å². The molecular formula is C18H29N3O3. The van der Waals surface area contributed by atoms with Crippen LogP contribution in [0, 0.1) is 0 Å². The number of nitrogens with zero attached hydrogens (tertiary/aromatic N) is 1. The molecule has 0 radical (unpaired) electrons. The molecule has 0 spiro atoms. The third-order valence-electron chi connectivity index (χ3n) is 2.84. The highest BCUT2D eigenvalue weighted by Gasteiger charge is 2.16. The average molecular weight is 335 g/mol. The summed E-state index contributed by atoms with van der Waals surface area (Å²) in [7, 11) is 0. The lowest BCUT2D eigenvalue weighted by molar-refractivity contribution is -0.153. The first kappa shape index (κ1) is 19.8. The Bertz CT molecular complexity index is 551. The Morgan fingerprint density at radius 2 is 1.88 bits per heavy atom. The van der Waals surface area contributed by atoms with Gasteiger partial charge in [0.2, 0.25) is 0 Å². The van der Waals surface area contributed by atoms with Gasteiger partial charge in [-0.1, -0.05) is 18.2 Å². The molecule has 6 nitrogen and oxygen atoms in total. The zero-order valence-electron chi connectivity index (χ0n) is 15.3. The number of carbonyl (C=O) groups is 1. The second kappa shape index (κ2) is 9.80. The Balaban J connectivity index is 2.67. The molecule has 0 aliphatic carbocycles. The zero-order valence-corrected chi connectivity index (χ0v) is 15.3. The second-order valence-electron chi connectivity index (χ2n) is 6.18. The van der Waals surface area contributed by atoms with Crippen molar-refractivity contribution in [1.82, 2.24) is 10.6 Å². The van der Waals surface area contributed by atoms with E-state index in [1.54, 1.807) is 0 Å². The molecule has 0 aromatic heterocycles. The topological polar surface area (TPSA) is 72.0 Å². The van der Waals surface area contributed by atoms with Crippen molar-refractivity contribution in [3.63, 3.8) is 0 Å². The number of esters is 1. The van der Waals surface area contributed by atoms with Gasteiger partial charge in [0.25, 0.3) is 0 Å². The molecule has 0 heterocycles. The van der Waals surface area contributed by atoms with Gasteiger partial charge in [-0.15, -0.1) is 0 Å². The first-order valence-electron chi connectivity index (χ1n) is 8.30. The molecule has 0 amide bonds. The van der Waals surface area contributed by atoms with Crippen molar-refractivity contribution >= 4 is 11.9 Å². The number of rotatable bonds is 7. The zero-order chi connectivity index (χ0) is 18.0. The van der Waals surface area contributed by atoms with Gasteiger partial charge < -0.3 is 20.1 Å². The molecule has 0 bridgehead atoms. The highest BCUT2D eigenvalue weighted by atomic mass is 16.6. The Morgan fingerprint density at radius 1 is 1.17 bits per heavy atom. The maximum Gasteiger partial charge on any atom is 0.325 e. The molecule has 134 valence electrons. The van der Waals surface area contributed by atoms with Crippen LogP contribution in [-0.4, -0.2) is 37.2 Å². The molecule has 0 saturated heterocycles. The average Bonchev–Trinajstić information content (AvgIpc) is 2.50. The minimum absolute atomic E-state index is 0.0657. The number of aliphatic imine (C=N–C) groups is 1. The molecule has 0 fully saturated rings. The first-order chi connectivity index (χ1) is 11.4. The van der Waals surface area contributed by atoms with Crippen LogP contribution in [0.25, 0.3) is 0 Å². The first-order valence-corrected chi connectivity index (χ1v) is 8.30. The van der Waals surface area contributed by atoms with E-state index in [4.69, 9.17) is 9.47 Å². The molecular weight excluding hydrogens is 306 g/mol. The van der Waals surface area contributed by atoms with E-state index >= 15 is 0 Å². The smallest absolute Gasteiger partial charge is 0.325 e. The number of nitrogens with one attached hydrogen (secondary N) is 2. The van der Waals surface area contributed by atoms with E-state index in [9.17, 15) is 4.79 Å². The van der Waals surface area contributed by atoms with Crippen LogP contribution in [0.1, 0.15) is 40.2 Å². The van der Waals surface area contributed by atoms with Gasteiger partial charge in [0, 0.05) is 12.1 Å².